The molecule has 114 valence electrons. The summed E-state index contributed by atoms with van der Waals surface area (Å²) in [7, 11) is 0.286. The van der Waals surface area contributed by atoms with E-state index < -0.39 is 10.0 Å². The van der Waals surface area contributed by atoms with Crippen molar-refractivity contribution in [2.45, 2.75) is 17.9 Å². The molecule has 0 aliphatic rings. The summed E-state index contributed by atoms with van der Waals surface area (Å²) in [6.45, 7) is 2.31. The van der Waals surface area contributed by atoms with Crippen LogP contribution in [-0.2, 0) is 10.0 Å². The third-order valence-corrected chi connectivity index (χ3v) is 5.02. The highest BCUT2D eigenvalue weighted by Gasteiger charge is 2.16. The number of hydrogen-bond acceptors (Lipinski definition) is 4. The molecular weight excluding hydrogens is 310 g/mol. The number of rotatable bonds is 5. The Balaban J connectivity index is 2.26. The molecule has 1 unspecified atom stereocenters. The number of sulfonamides is 1. The SMILES string of the molecule is CC(CNS(=O)(=O)c1ccc2nc(Cl)ccc2c1)N(C)C. The maximum atomic E-state index is 12.3. The molecule has 0 saturated carbocycles. The van der Waals surface area contributed by atoms with Gasteiger partial charge in [0.1, 0.15) is 5.15 Å². The van der Waals surface area contributed by atoms with Crippen molar-refractivity contribution in [2.24, 2.45) is 0 Å². The summed E-state index contributed by atoms with van der Waals surface area (Å²) in [5.41, 5.74) is 0.670. The van der Waals surface area contributed by atoms with Gasteiger partial charge in [-0.3, -0.25) is 0 Å². The van der Waals surface area contributed by atoms with Gasteiger partial charge in [-0.1, -0.05) is 11.6 Å². The Morgan fingerprint density at radius 1 is 1.29 bits per heavy atom. The molecule has 0 radical (unpaired) electrons. The van der Waals surface area contributed by atoms with Gasteiger partial charge in [0.25, 0.3) is 0 Å². The first-order chi connectivity index (χ1) is 9.79. The first-order valence-electron chi connectivity index (χ1n) is 6.52. The Morgan fingerprint density at radius 2 is 2.00 bits per heavy atom. The third-order valence-electron chi connectivity index (χ3n) is 3.39. The minimum Gasteiger partial charge on any atom is -0.305 e. The molecule has 2 rings (SSSR count). The van der Waals surface area contributed by atoms with Crippen LogP contribution in [0.15, 0.2) is 35.2 Å². The molecule has 0 spiro atoms. The second-order valence-corrected chi connectivity index (χ2v) is 7.31. The first kappa shape index (κ1) is 16.2. The van der Waals surface area contributed by atoms with Crippen LogP contribution in [0.4, 0.5) is 0 Å². The van der Waals surface area contributed by atoms with E-state index in [0.717, 1.165) is 5.39 Å². The molecule has 7 heteroatoms. The summed E-state index contributed by atoms with van der Waals surface area (Å²) >= 11 is 5.82. The van der Waals surface area contributed by atoms with Crippen LogP contribution >= 0.6 is 11.6 Å². The normalized spacial score (nSPS) is 13.8. The number of likely N-dealkylation sites (N-methyl/N-ethyl adjacent to an activating group) is 1. The molecule has 1 N–H and O–H groups in total. The number of halogens is 1. The van der Waals surface area contributed by atoms with Crippen LogP contribution in [0.25, 0.3) is 10.9 Å². The van der Waals surface area contributed by atoms with Crippen molar-refractivity contribution in [3.8, 4) is 0 Å². The summed E-state index contributed by atoms with van der Waals surface area (Å²) in [6.07, 6.45) is 0. The van der Waals surface area contributed by atoms with Gasteiger partial charge in [0.2, 0.25) is 10.0 Å². The summed E-state index contributed by atoms with van der Waals surface area (Å²) in [4.78, 5) is 6.32. The fourth-order valence-electron chi connectivity index (χ4n) is 1.74. The van der Waals surface area contributed by atoms with Crippen molar-refractivity contribution in [3.63, 3.8) is 0 Å². The van der Waals surface area contributed by atoms with Gasteiger partial charge in [0.15, 0.2) is 0 Å². The average molecular weight is 328 g/mol. The zero-order valence-corrected chi connectivity index (χ0v) is 13.7. The van der Waals surface area contributed by atoms with Crippen LogP contribution in [-0.4, -0.2) is 45.0 Å². The predicted octanol–water partition coefficient (Wildman–Crippen LogP) is 2.12. The third kappa shape index (κ3) is 3.91. The van der Waals surface area contributed by atoms with E-state index in [-0.39, 0.29) is 10.9 Å². The summed E-state index contributed by atoms with van der Waals surface area (Å²) in [5.74, 6) is 0. The van der Waals surface area contributed by atoms with Crippen molar-refractivity contribution in [3.05, 3.63) is 35.5 Å². The van der Waals surface area contributed by atoms with Gasteiger partial charge in [-0.2, -0.15) is 0 Å². The van der Waals surface area contributed by atoms with Gasteiger partial charge in [-0.05, 0) is 51.4 Å². The predicted molar refractivity (Wildman–Crippen MR) is 85.1 cm³/mol. The molecule has 21 heavy (non-hydrogen) atoms. The largest absolute Gasteiger partial charge is 0.305 e. The van der Waals surface area contributed by atoms with Gasteiger partial charge in [-0.25, -0.2) is 18.1 Å². The highest BCUT2D eigenvalue weighted by Crippen LogP contribution is 2.19. The fourth-order valence-corrected chi connectivity index (χ4v) is 3.05. The van der Waals surface area contributed by atoms with E-state index in [1.54, 1.807) is 24.3 Å². The highest BCUT2D eigenvalue weighted by atomic mass is 35.5. The van der Waals surface area contributed by atoms with Crippen molar-refractivity contribution >= 4 is 32.5 Å². The molecule has 1 aromatic carbocycles. The molecule has 2 aromatic rings. The van der Waals surface area contributed by atoms with E-state index in [4.69, 9.17) is 11.6 Å². The Bertz CT molecular complexity index is 747. The molecule has 0 amide bonds. The van der Waals surface area contributed by atoms with Crippen LogP contribution in [0.2, 0.25) is 5.15 Å². The number of hydrogen-bond donors (Lipinski definition) is 1. The maximum absolute atomic E-state index is 12.3. The molecule has 0 fully saturated rings. The lowest BCUT2D eigenvalue weighted by molar-refractivity contribution is 0.314. The Hall–Kier alpha value is -1.21. The summed E-state index contributed by atoms with van der Waals surface area (Å²) in [5, 5.41) is 1.12. The zero-order chi connectivity index (χ0) is 15.6. The van der Waals surface area contributed by atoms with Gasteiger partial charge < -0.3 is 4.90 Å². The van der Waals surface area contributed by atoms with Crippen LogP contribution < -0.4 is 4.72 Å². The topological polar surface area (TPSA) is 62.3 Å². The van der Waals surface area contributed by atoms with Crippen molar-refractivity contribution in [2.75, 3.05) is 20.6 Å². The minimum atomic E-state index is -3.53. The standard InChI is InChI=1S/C14H18ClN3O2S/c1-10(18(2)3)9-16-21(19,20)12-5-6-13-11(8-12)4-7-14(15)17-13/h4-8,10,16H,9H2,1-3H3. The molecule has 1 aromatic heterocycles. The van der Waals surface area contributed by atoms with Gasteiger partial charge >= 0.3 is 0 Å². The van der Waals surface area contributed by atoms with Crippen molar-refractivity contribution < 1.29 is 8.42 Å². The van der Waals surface area contributed by atoms with E-state index in [2.05, 4.69) is 9.71 Å². The smallest absolute Gasteiger partial charge is 0.240 e. The number of pyridine rings is 1. The first-order valence-corrected chi connectivity index (χ1v) is 8.38. The number of nitrogens with zero attached hydrogens (tertiary/aromatic N) is 2. The van der Waals surface area contributed by atoms with E-state index in [1.807, 2.05) is 25.9 Å². The van der Waals surface area contributed by atoms with E-state index in [9.17, 15) is 8.42 Å². The van der Waals surface area contributed by atoms with E-state index in [0.29, 0.717) is 17.2 Å². The molecule has 1 heterocycles. The van der Waals surface area contributed by atoms with Gasteiger partial charge in [0, 0.05) is 18.0 Å². The highest BCUT2D eigenvalue weighted by molar-refractivity contribution is 7.89. The molecule has 0 bridgehead atoms. The lowest BCUT2D eigenvalue weighted by Crippen LogP contribution is -2.38. The van der Waals surface area contributed by atoms with Crippen LogP contribution in [0, 0.1) is 0 Å². The minimum absolute atomic E-state index is 0.112. The molecule has 0 aliphatic carbocycles. The number of aromatic nitrogens is 1. The van der Waals surface area contributed by atoms with Gasteiger partial charge in [0.05, 0.1) is 10.4 Å². The van der Waals surface area contributed by atoms with Gasteiger partial charge in [-0.15, -0.1) is 0 Å². The molecule has 0 saturated heterocycles. The van der Waals surface area contributed by atoms with E-state index >= 15 is 0 Å². The maximum Gasteiger partial charge on any atom is 0.240 e. The monoisotopic (exact) mass is 327 g/mol. The Labute approximate surface area is 130 Å². The second-order valence-electron chi connectivity index (χ2n) is 5.15. The van der Waals surface area contributed by atoms with Crippen LogP contribution in [0.3, 0.4) is 0 Å². The van der Waals surface area contributed by atoms with Crippen molar-refractivity contribution in [1.82, 2.24) is 14.6 Å². The zero-order valence-electron chi connectivity index (χ0n) is 12.2. The second kappa shape index (κ2) is 6.27. The quantitative estimate of drug-likeness (QED) is 0.854. The van der Waals surface area contributed by atoms with E-state index in [1.165, 1.54) is 6.07 Å². The molecule has 5 nitrogen and oxygen atoms in total. The number of fused-ring (bicyclic) bond motifs is 1. The van der Waals surface area contributed by atoms with Crippen LogP contribution in [0.1, 0.15) is 6.92 Å². The van der Waals surface area contributed by atoms with Crippen LogP contribution in [0.5, 0.6) is 0 Å². The Morgan fingerprint density at radius 3 is 2.67 bits per heavy atom. The summed E-state index contributed by atoms with van der Waals surface area (Å²) in [6, 6.07) is 8.30. The Kier molecular flexibility index (Phi) is 4.83. The van der Waals surface area contributed by atoms with Crippen molar-refractivity contribution in [1.29, 1.82) is 0 Å². The molecular formula is C14H18ClN3O2S. The number of nitrogens with one attached hydrogen (secondary N) is 1. The summed E-state index contributed by atoms with van der Waals surface area (Å²) < 4.78 is 27.2. The lowest BCUT2D eigenvalue weighted by atomic mass is 10.2. The molecule has 0 aliphatic heterocycles. The molecule has 1 atom stereocenters. The fraction of sp³-hybridized carbons (Fsp3) is 0.357. The number of benzene rings is 1. The lowest BCUT2D eigenvalue weighted by Gasteiger charge is -2.20. The average Bonchev–Trinajstić information content (AvgIpc) is 2.44.